The van der Waals surface area contributed by atoms with Gasteiger partial charge in [0.15, 0.2) is 6.29 Å². The van der Waals surface area contributed by atoms with Crippen LogP contribution in [0.1, 0.15) is 38.6 Å². The lowest BCUT2D eigenvalue weighted by molar-refractivity contribution is -0.119. The molecule has 0 aliphatic carbocycles. The van der Waals surface area contributed by atoms with E-state index in [1.807, 2.05) is 0 Å². The van der Waals surface area contributed by atoms with Gasteiger partial charge in [-0.3, -0.25) is 4.72 Å². The van der Waals surface area contributed by atoms with Gasteiger partial charge >= 0.3 is 0 Å². The summed E-state index contributed by atoms with van der Waals surface area (Å²) in [5, 5.41) is 5.60. The second kappa shape index (κ2) is 9.12. The number of hydrogen-bond donors (Lipinski definition) is 2. The Balaban J connectivity index is 2.57. The van der Waals surface area contributed by atoms with Crippen LogP contribution in [0.5, 0.6) is 0 Å². The lowest BCUT2D eigenvalue weighted by Crippen LogP contribution is -2.43. The molecule has 2 atom stereocenters. The van der Waals surface area contributed by atoms with Crippen molar-refractivity contribution in [1.82, 2.24) is 10.0 Å². The minimum atomic E-state index is -0.232. The molecule has 1 unspecified atom stereocenters. The predicted molar refractivity (Wildman–Crippen MR) is 92.8 cm³/mol. The largest absolute Gasteiger partial charge is 0.354 e. The van der Waals surface area contributed by atoms with Crippen LogP contribution in [0.15, 0.2) is 17.5 Å². The highest BCUT2D eigenvalue weighted by Gasteiger charge is 2.20. The second-order valence-corrected chi connectivity index (χ2v) is 8.58. The fourth-order valence-electron chi connectivity index (χ4n) is 1.84. The number of ether oxygens (including phenoxy) is 2. The van der Waals surface area contributed by atoms with Gasteiger partial charge in [0.2, 0.25) is 0 Å². The summed E-state index contributed by atoms with van der Waals surface area (Å²) in [4.78, 5) is 1.33. The van der Waals surface area contributed by atoms with Crippen LogP contribution < -0.4 is 10.0 Å². The van der Waals surface area contributed by atoms with Gasteiger partial charge in [-0.25, -0.2) is 0 Å². The molecule has 0 saturated heterocycles. The van der Waals surface area contributed by atoms with Crippen LogP contribution in [-0.2, 0) is 9.47 Å². The van der Waals surface area contributed by atoms with Crippen molar-refractivity contribution in [3.8, 4) is 0 Å². The average Bonchev–Trinajstić information content (AvgIpc) is 2.93. The van der Waals surface area contributed by atoms with E-state index < -0.39 is 0 Å². The van der Waals surface area contributed by atoms with Gasteiger partial charge in [0.25, 0.3) is 0 Å². The second-order valence-electron chi connectivity index (χ2n) is 5.94. The van der Waals surface area contributed by atoms with Crippen LogP contribution in [0.2, 0.25) is 0 Å². The smallest absolute Gasteiger partial charge is 0.171 e. The molecule has 4 nitrogen and oxygen atoms in total. The maximum Gasteiger partial charge on any atom is 0.171 e. The zero-order valence-corrected chi connectivity index (χ0v) is 15.4. The highest BCUT2D eigenvalue weighted by Crippen LogP contribution is 2.26. The molecule has 6 heteroatoms. The number of nitrogens with one attached hydrogen (secondary N) is 2. The molecule has 1 aromatic heterocycles. The molecule has 0 bridgehead atoms. The van der Waals surface area contributed by atoms with Gasteiger partial charge in [-0.2, -0.15) is 0 Å². The van der Waals surface area contributed by atoms with Gasteiger partial charge in [0.05, 0.1) is 12.1 Å². The summed E-state index contributed by atoms with van der Waals surface area (Å²) in [6.07, 6.45) is -0.232. The highest BCUT2D eigenvalue weighted by atomic mass is 32.2. The maximum atomic E-state index is 5.29. The quantitative estimate of drug-likeness (QED) is 0.536. The number of hydrogen-bond acceptors (Lipinski definition) is 6. The number of rotatable bonds is 9. The first-order valence-corrected chi connectivity index (χ1v) is 8.83. The summed E-state index contributed by atoms with van der Waals surface area (Å²) in [5.74, 6) is 0. The van der Waals surface area contributed by atoms with Crippen LogP contribution in [0.3, 0.4) is 0 Å². The van der Waals surface area contributed by atoms with Crippen molar-refractivity contribution in [2.24, 2.45) is 0 Å². The van der Waals surface area contributed by atoms with E-state index in [0.29, 0.717) is 0 Å². The van der Waals surface area contributed by atoms with Crippen molar-refractivity contribution in [1.29, 1.82) is 0 Å². The third-order valence-electron chi connectivity index (χ3n) is 2.91. The van der Waals surface area contributed by atoms with E-state index in [-0.39, 0.29) is 23.1 Å². The molecular formula is C15H28N2O2S2. The first-order chi connectivity index (χ1) is 9.87. The van der Waals surface area contributed by atoms with Gasteiger partial charge in [0.1, 0.15) is 0 Å². The van der Waals surface area contributed by atoms with E-state index in [2.05, 4.69) is 55.2 Å². The molecular weight excluding hydrogens is 304 g/mol. The summed E-state index contributed by atoms with van der Waals surface area (Å²) in [6, 6.07) is 4.66. The maximum absolute atomic E-state index is 5.29. The molecule has 122 valence electrons. The third-order valence-corrected chi connectivity index (χ3v) is 4.91. The summed E-state index contributed by atoms with van der Waals surface area (Å²) in [7, 11) is 3.33. The van der Waals surface area contributed by atoms with Crippen LogP contribution in [0, 0.1) is 0 Å². The Morgan fingerprint density at radius 2 is 1.95 bits per heavy atom. The fraction of sp³-hybridized carbons (Fsp3) is 0.733. The van der Waals surface area contributed by atoms with Gasteiger partial charge in [-0.15, -0.1) is 11.3 Å². The normalized spacial score (nSPS) is 15.4. The lowest BCUT2D eigenvalue weighted by atomic mass is 10.2. The molecule has 0 fully saturated rings. The molecule has 21 heavy (non-hydrogen) atoms. The minimum Gasteiger partial charge on any atom is -0.354 e. The molecule has 1 rings (SSSR count). The van der Waals surface area contributed by atoms with Crippen LogP contribution in [-0.4, -0.2) is 37.8 Å². The average molecular weight is 333 g/mol. The number of methoxy groups -OCH3 is 2. The Hall–Kier alpha value is -0.110. The van der Waals surface area contributed by atoms with Crippen molar-refractivity contribution in [3.05, 3.63) is 22.4 Å². The van der Waals surface area contributed by atoms with Crippen molar-refractivity contribution >= 4 is 23.3 Å². The molecule has 0 aliphatic rings. The van der Waals surface area contributed by atoms with Crippen molar-refractivity contribution < 1.29 is 9.47 Å². The minimum absolute atomic E-state index is 0.129. The fourth-order valence-corrected chi connectivity index (χ4v) is 3.40. The topological polar surface area (TPSA) is 42.5 Å². The first kappa shape index (κ1) is 18.9. The molecule has 0 saturated carbocycles. The zero-order valence-electron chi connectivity index (χ0n) is 13.8. The molecule has 1 heterocycles. The summed E-state index contributed by atoms with van der Waals surface area (Å²) in [5.41, 5.74) is 0. The van der Waals surface area contributed by atoms with E-state index in [4.69, 9.17) is 9.47 Å². The molecule has 0 amide bonds. The Bertz CT molecular complexity index is 376. The standard InChI is InChI=1S/C15H28N2O2S2/c1-11(14(18-5)19-6)16-10-12(13-8-7-9-20-13)17-21-15(2,3)4/h7-9,11-12,14,16-17H,10H2,1-6H3/t11?,12-/m1/s1. The van der Waals surface area contributed by atoms with Gasteiger partial charge in [-0.05, 0) is 39.1 Å². The van der Waals surface area contributed by atoms with E-state index in [0.717, 1.165) is 6.54 Å². The Morgan fingerprint density at radius 3 is 2.43 bits per heavy atom. The van der Waals surface area contributed by atoms with Crippen LogP contribution >= 0.6 is 23.3 Å². The van der Waals surface area contributed by atoms with Crippen molar-refractivity contribution in [3.63, 3.8) is 0 Å². The summed E-state index contributed by atoms with van der Waals surface area (Å²) < 4.78 is 14.3. The molecule has 0 radical (unpaired) electrons. The Kier molecular flexibility index (Phi) is 8.23. The van der Waals surface area contributed by atoms with E-state index in [1.165, 1.54) is 4.88 Å². The summed E-state index contributed by atoms with van der Waals surface area (Å²) >= 11 is 3.54. The zero-order chi connectivity index (χ0) is 15.9. The van der Waals surface area contributed by atoms with E-state index >= 15 is 0 Å². The number of thiophene rings is 1. The van der Waals surface area contributed by atoms with Crippen molar-refractivity contribution in [2.75, 3.05) is 20.8 Å². The van der Waals surface area contributed by atoms with Crippen molar-refractivity contribution in [2.45, 2.75) is 50.8 Å². The summed E-state index contributed by atoms with van der Waals surface area (Å²) in [6.45, 7) is 9.52. The first-order valence-electron chi connectivity index (χ1n) is 7.13. The molecule has 0 spiro atoms. The predicted octanol–water partition coefficient (Wildman–Crippen LogP) is 3.42. The molecule has 0 aliphatic heterocycles. The SMILES string of the molecule is COC(OC)C(C)NC[C@@H](NSC(C)(C)C)c1cccs1. The van der Waals surface area contributed by atoms with Gasteiger partial charge in [-0.1, -0.05) is 18.0 Å². The highest BCUT2D eigenvalue weighted by molar-refractivity contribution is 7.98. The van der Waals surface area contributed by atoms with E-state index in [1.54, 1.807) is 37.5 Å². The third kappa shape index (κ3) is 7.13. The molecule has 2 N–H and O–H groups in total. The van der Waals surface area contributed by atoms with Crippen LogP contribution in [0.4, 0.5) is 0 Å². The molecule has 0 aromatic carbocycles. The lowest BCUT2D eigenvalue weighted by Gasteiger charge is -2.27. The van der Waals surface area contributed by atoms with Gasteiger partial charge in [0, 0.05) is 30.4 Å². The van der Waals surface area contributed by atoms with Crippen LogP contribution in [0.25, 0.3) is 0 Å². The van der Waals surface area contributed by atoms with E-state index in [9.17, 15) is 0 Å². The Morgan fingerprint density at radius 1 is 1.29 bits per heavy atom. The Labute approximate surface area is 137 Å². The van der Waals surface area contributed by atoms with Gasteiger partial charge < -0.3 is 14.8 Å². The monoisotopic (exact) mass is 332 g/mol. The molecule has 1 aromatic rings.